The van der Waals surface area contributed by atoms with Crippen LogP contribution in [-0.4, -0.2) is 19.9 Å². The van der Waals surface area contributed by atoms with Gasteiger partial charge in [-0.1, -0.05) is 6.92 Å². The molecule has 3 rings (SSSR count). The first-order chi connectivity index (χ1) is 6.88. The van der Waals surface area contributed by atoms with E-state index in [0.29, 0.717) is 0 Å². The minimum Gasteiger partial charge on any atom is -0.346 e. The molecule has 0 amide bonds. The van der Waals surface area contributed by atoms with Gasteiger partial charge in [0.25, 0.3) is 0 Å². The van der Waals surface area contributed by atoms with Crippen LogP contribution in [0.1, 0.15) is 12.7 Å². The molecule has 0 radical (unpaired) electrons. The lowest BCUT2D eigenvalue weighted by molar-refractivity contribution is 1.00. The molecular weight excluding hydrogens is 176 g/mol. The Hall–Kier alpha value is -1.84. The zero-order valence-electron chi connectivity index (χ0n) is 7.83. The Balaban J connectivity index is 2.49. The van der Waals surface area contributed by atoms with Gasteiger partial charge in [0.2, 0.25) is 0 Å². The van der Waals surface area contributed by atoms with Crippen molar-refractivity contribution in [3.63, 3.8) is 0 Å². The Morgan fingerprint density at radius 1 is 1.43 bits per heavy atom. The quantitative estimate of drug-likeness (QED) is 0.610. The molecule has 0 spiro atoms. The maximum absolute atomic E-state index is 4.52. The van der Waals surface area contributed by atoms with Gasteiger partial charge in [-0.15, -0.1) is 0 Å². The highest BCUT2D eigenvalue weighted by molar-refractivity contribution is 6.00. The van der Waals surface area contributed by atoms with Crippen LogP contribution in [-0.2, 0) is 6.42 Å². The number of hydrogen-bond acceptors (Lipinski definition) is 2. The van der Waals surface area contributed by atoms with E-state index in [1.54, 1.807) is 0 Å². The Bertz CT molecular complexity index is 590. The number of rotatable bonds is 1. The molecule has 0 atom stereocenters. The maximum Gasteiger partial charge on any atom is 0.139 e. The third-order valence-electron chi connectivity index (χ3n) is 2.42. The lowest BCUT2D eigenvalue weighted by Crippen LogP contribution is -1.79. The van der Waals surface area contributed by atoms with E-state index in [0.717, 1.165) is 34.3 Å². The summed E-state index contributed by atoms with van der Waals surface area (Å²) in [4.78, 5) is 15.1. The first-order valence-electron chi connectivity index (χ1n) is 4.69. The molecular formula is C10H10N4. The minimum atomic E-state index is 0.895. The van der Waals surface area contributed by atoms with Gasteiger partial charge < -0.3 is 9.97 Å². The van der Waals surface area contributed by atoms with Crippen molar-refractivity contribution in [2.24, 2.45) is 0 Å². The van der Waals surface area contributed by atoms with Gasteiger partial charge in [0.15, 0.2) is 0 Å². The average molecular weight is 186 g/mol. The van der Waals surface area contributed by atoms with Crippen molar-refractivity contribution >= 4 is 22.1 Å². The molecule has 0 aliphatic rings. The monoisotopic (exact) mass is 186 g/mol. The van der Waals surface area contributed by atoms with Crippen molar-refractivity contribution in [3.8, 4) is 0 Å². The number of H-pyrrole nitrogens is 2. The molecule has 4 nitrogen and oxygen atoms in total. The maximum atomic E-state index is 4.52. The number of aromatic nitrogens is 4. The summed E-state index contributed by atoms with van der Waals surface area (Å²) in [6.07, 6.45) is 4.62. The van der Waals surface area contributed by atoms with Gasteiger partial charge in [-0.05, 0) is 6.07 Å². The Morgan fingerprint density at radius 3 is 3.21 bits per heavy atom. The number of imidazole rings is 1. The molecule has 2 N–H and O–H groups in total. The molecule has 3 aromatic rings. The lowest BCUT2D eigenvalue weighted by atomic mass is 10.3. The molecule has 0 fully saturated rings. The van der Waals surface area contributed by atoms with Gasteiger partial charge >= 0.3 is 0 Å². The number of pyridine rings is 1. The highest BCUT2D eigenvalue weighted by Crippen LogP contribution is 2.20. The van der Waals surface area contributed by atoms with Crippen molar-refractivity contribution in [3.05, 3.63) is 24.3 Å². The molecule has 0 aliphatic carbocycles. The molecule has 0 bridgehead atoms. The Labute approximate surface area is 80.4 Å². The van der Waals surface area contributed by atoms with Crippen LogP contribution in [0.4, 0.5) is 0 Å². The molecule has 3 heterocycles. The standard InChI is InChI=1S/C10H10N4/c1-2-8-13-7-5-12-10-6(3-4-11-10)9(7)14-8/h3-5H,2H2,1H3,(H,11,12)(H,13,14). The van der Waals surface area contributed by atoms with Crippen molar-refractivity contribution in [1.82, 2.24) is 19.9 Å². The summed E-state index contributed by atoms with van der Waals surface area (Å²) in [5.74, 6) is 1.01. The first kappa shape index (κ1) is 7.55. The fourth-order valence-electron chi connectivity index (χ4n) is 1.69. The van der Waals surface area contributed by atoms with E-state index in [2.05, 4.69) is 26.9 Å². The van der Waals surface area contributed by atoms with Crippen molar-refractivity contribution in [2.75, 3.05) is 0 Å². The van der Waals surface area contributed by atoms with Crippen LogP contribution in [0.3, 0.4) is 0 Å². The summed E-state index contributed by atoms with van der Waals surface area (Å²) < 4.78 is 0. The zero-order chi connectivity index (χ0) is 9.54. The summed E-state index contributed by atoms with van der Waals surface area (Å²) in [7, 11) is 0. The van der Waals surface area contributed by atoms with E-state index in [9.17, 15) is 0 Å². The van der Waals surface area contributed by atoms with Gasteiger partial charge in [0, 0.05) is 18.0 Å². The second-order valence-electron chi connectivity index (χ2n) is 3.30. The van der Waals surface area contributed by atoms with E-state index in [4.69, 9.17) is 0 Å². The third-order valence-corrected chi connectivity index (χ3v) is 2.42. The van der Waals surface area contributed by atoms with Crippen LogP contribution < -0.4 is 0 Å². The Kier molecular flexibility index (Phi) is 1.39. The van der Waals surface area contributed by atoms with Crippen LogP contribution in [0, 0.1) is 0 Å². The highest BCUT2D eigenvalue weighted by atomic mass is 14.9. The number of nitrogens with one attached hydrogen (secondary N) is 2. The van der Waals surface area contributed by atoms with Crippen LogP contribution in [0.2, 0.25) is 0 Å². The predicted octanol–water partition coefficient (Wildman–Crippen LogP) is 2.00. The molecule has 0 aromatic carbocycles. The molecule has 14 heavy (non-hydrogen) atoms. The van der Waals surface area contributed by atoms with Crippen molar-refractivity contribution < 1.29 is 0 Å². The third kappa shape index (κ3) is 0.878. The molecule has 0 aliphatic heterocycles. The SMILES string of the molecule is CCc1nc2c(cnc3[nH]ccc32)[nH]1. The lowest BCUT2D eigenvalue weighted by Gasteiger charge is -1.88. The fourth-order valence-corrected chi connectivity index (χ4v) is 1.69. The molecule has 0 saturated heterocycles. The molecule has 0 unspecified atom stereocenters. The van der Waals surface area contributed by atoms with E-state index in [1.807, 2.05) is 18.5 Å². The smallest absolute Gasteiger partial charge is 0.139 e. The van der Waals surface area contributed by atoms with Crippen LogP contribution in [0.25, 0.3) is 22.1 Å². The zero-order valence-corrected chi connectivity index (χ0v) is 7.83. The Morgan fingerprint density at radius 2 is 2.36 bits per heavy atom. The topological polar surface area (TPSA) is 57.4 Å². The van der Waals surface area contributed by atoms with Gasteiger partial charge in [-0.3, -0.25) is 0 Å². The van der Waals surface area contributed by atoms with E-state index in [-0.39, 0.29) is 0 Å². The average Bonchev–Trinajstić information content (AvgIpc) is 2.82. The van der Waals surface area contributed by atoms with Crippen molar-refractivity contribution in [1.29, 1.82) is 0 Å². The summed E-state index contributed by atoms with van der Waals surface area (Å²) in [5.41, 5.74) is 2.91. The number of aromatic amines is 2. The highest BCUT2D eigenvalue weighted by Gasteiger charge is 2.06. The van der Waals surface area contributed by atoms with Crippen molar-refractivity contribution in [2.45, 2.75) is 13.3 Å². The largest absolute Gasteiger partial charge is 0.346 e. The van der Waals surface area contributed by atoms with Crippen LogP contribution in [0.5, 0.6) is 0 Å². The number of fused-ring (bicyclic) bond motifs is 3. The summed E-state index contributed by atoms with van der Waals surface area (Å²) in [6, 6.07) is 2.00. The van der Waals surface area contributed by atoms with E-state index < -0.39 is 0 Å². The van der Waals surface area contributed by atoms with Gasteiger partial charge in [-0.2, -0.15) is 0 Å². The van der Waals surface area contributed by atoms with E-state index >= 15 is 0 Å². The first-order valence-corrected chi connectivity index (χ1v) is 4.69. The number of nitrogens with zero attached hydrogens (tertiary/aromatic N) is 2. The van der Waals surface area contributed by atoms with Gasteiger partial charge in [-0.25, -0.2) is 9.97 Å². The number of aryl methyl sites for hydroxylation is 1. The molecule has 70 valence electrons. The normalized spacial score (nSPS) is 11.5. The second kappa shape index (κ2) is 2.57. The van der Waals surface area contributed by atoms with Crippen LogP contribution in [0.15, 0.2) is 18.5 Å². The minimum absolute atomic E-state index is 0.895. The second-order valence-corrected chi connectivity index (χ2v) is 3.30. The van der Waals surface area contributed by atoms with E-state index in [1.165, 1.54) is 0 Å². The summed E-state index contributed by atoms with van der Waals surface area (Å²) in [5, 5.41) is 1.08. The predicted molar refractivity (Wildman–Crippen MR) is 55.1 cm³/mol. The van der Waals surface area contributed by atoms with Crippen LogP contribution >= 0.6 is 0 Å². The summed E-state index contributed by atoms with van der Waals surface area (Å²) >= 11 is 0. The summed E-state index contributed by atoms with van der Waals surface area (Å²) in [6.45, 7) is 2.08. The molecule has 0 saturated carbocycles. The van der Waals surface area contributed by atoms with Gasteiger partial charge in [0.1, 0.15) is 17.0 Å². The number of hydrogen-bond donors (Lipinski definition) is 2. The molecule has 4 heteroatoms. The van der Waals surface area contributed by atoms with Gasteiger partial charge in [0.05, 0.1) is 11.7 Å². The fraction of sp³-hybridized carbons (Fsp3) is 0.200. The molecule has 3 aromatic heterocycles.